The Balaban J connectivity index is 1.79. The Morgan fingerprint density at radius 3 is 2.79 bits per heavy atom. The molecule has 1 aliphatic carbocycles. The van der Waals surface area contributed by atoms with Crippen molar-refractivity contribution in [3.8, 4) is 10.6 Å². The van der Waals surface area contributed by atoms with Gasteiger partial charge in [-0.15, -0.1) is 22.7 Å². The normalized spacial score (nSPS) is 27.6. The number of thiazole rings is 2. The second kappa shape index (κ2) is 5.31. The summed E-state index contributed by atoms with van der Waals surface area (Å²) in [6.45, 7) is 2.28. The minimum absolute atomic E-state index is 0.195. The number of rotatable bonds is 3. The molecule has 5 heteroatoms. The summed E-state index contributed by atoms with van der Waals surface area (Å²) in [4.78, 5) is 10.0. The van der Waals surface area contributed by atoms with Crippen LogP contribution in [0.4, 0.5) is 0 Å². The molecule has 1 saturated carbocycles. The molecule has 2 N–H and O–H groups in total. The van der Waals surface area contributed by atoms with E-state index in [0.29, 0.717) is 0 Å². The number of aromatic nitrogens is 2. The molecule has 2 aromatic rings. The van der Waals surface area contributed by atoms with Crippen molar-refractivity contribution >= 4 is 22.7 Å². The van der Waals surface area contributed by atoms with Gasteiger partial charge in [-0.25, -0.2) is 4.98 Å². The van der Waals surface area contributed by atoms with Crippen LogP contribution in [0.3, 0.4) is 0 Å². The van der Waals surface area contributed by atoms with Crippen LogP contribution in [0.15, 0.2) is 17.1 Å². The standard InChI is InChI=1S/C14H19N3S2/c1-2-10-3-5-14(15,6-4-10)13-17-11(8-18-13)12-7-16-9-19-12/h7-10H,2-6,15H2,1H3. The molecule has 0 aliphatic heterocycles. The van der Waals surface area contributed by atoms with Crippen molar-refractivity contribution in [2.45, 2.75) is 44.6 Å². The summed E-state index contributed by atoms with van der Waals surface area (Å²) < 4.78 is 0. The van der Waals surface area contributed by atoms with Crippen LogP contribution in [0.5, 0.6) is 0 Å². The second-order valence-electron chi connectivity index (χ2n) is 5.41. The molecule has 0 unspecified atom stereocenters. The molecule has 3 nitrogen and oxygen atoms in total. The van der Waals surface area contributed by atoms with E-state index in [1.54, 1.807) is 22.7 Å². The maximum absolute atomic E-state index is 6.60. The summed E-state index contributed by atoms with van der Waals surface area (Å²) in [5, 5.41) is 3.22. The molecule has 3 rings (SSSR count). The second-order valence-corrected chi connectivity index (χ2v) is 7.16. The van der Waals surface area contributed by atoms with Gasteiger partial charge in [-0.1, -0.05) is 13.3 Å². The summed E-state index contributed by atoms with van der Waals surface area (Å²) in [6, 6.07) is 0. The summed E-state index contributed by atoms with van der Waals surface area (Å²) in [5.41, 5.74) is 9.28. The molecule has 102 valence electrons. The molecule has 2 heterocycles. The van der Waals surface area contributed by atoms with Crippen molar-refractivity contribution in [1.29, 1.82) is 0 Å². The van der Waals surface area contributed by atoms with Gasteiger partial charge in [0.05, 0.1) is 21.6 Å². The highest BCUT2D eigenvalue weighted by atomic mass is 32.1. The van der Waals surface area contributed by atoms with Crippen LogP contribution < -0.4 is 5.73 Å². The van der Waals surface area contributed by atoms with E-state index in [2.05, 4.69) is 17.3 Å². The van der Waals surface area contributed by atoms with E-state index in [1.807, 2.05) is 11.7 Å². The molecular weight excluding hydrogens is 274 g/mol. The zero-order chi connectivity index (χ0) is 13.3. The van der Waals surface area contributed by atoms with Crippen LogP contribution in [-0.2, 0) is 5.54 Å². The van der Waals surface area contributed by atoms with Crippen molar-refractivity contribution in [1.82, 2.24) is 9.97 Å². The van der Waals surface area contributed by atoms with Gasteiger partial charge in [0.1, 0.15) is 5.01 Å². The molecule has 0 spiro atoms. The van der Waals surface area contributed by atoms with Crippen LogP contribution >= 0.6 is 22.7 Å². The Kier molecular flexibility index (Phi) is 3.69. The van der Waals surface area contributed by atoms with Crippen LogP contribution in [0.1, 0.15) is 44.0 Å². The number of hydrogen-bond acceptors (Lipinski definition) is 5. The predicted molar refractivity (Wildman–Crippen MR) is 81.3 cm³/mol. The fourth-order valence-electron chi connectivity index (χ4n) is 2.77. The largest absolute Gasteiger partial charge is 0.319 e. The first-order valence-corrected chi connectivity index (χ1v) is 8.61. The predicted octanol–water partition coefficient (Wildman–Crippen LogP) is 4.02. The van der Waals surface area contributed by atoms with Gasteiger partial charge in [0.2, 0.25) is 0 Å². The summed E-state index contributed by atoms with van der Waals surface area (Å²) >= 11 is 3.34. The average Bonchev–Trinajstić information content (AvgIpc) is 3.10. The summed E-state index contributed by atoms with van der Waals surface area (Å²) in [7, 11) is 0. The zero-order valence-electron chi connectivity index (χ0n) is 11.1. The average molecular weight is 293 g/mol. The highest BCUT2D eigenvalue weighted by molar-refractivity contribution is 7.14. The Morgan fingerprint density at radius 1 is 1.37 bits per heavy atom. The van der Waals surface area contributed by atoms with E-state index in [0.717, 1.165) is 34.3 Å². The van der Waals surface area contributed by atoms with Crippen molar-refractivity contribution in [3.05, 3.63) is 22.1 Å². The SMILES string of the molecule is CCC1CCC(N)(c2nc(-c3cncs3)cs2)CC1. The van der Waals surface area contributed by atoms with E-state index in [1.165, 1.54) is 19.3 Å². The quantitative estimate of drug-likeness (QED) is 0.930. The Bertz CT molecular complexity index is 525. The van der Waals surface area contributed by atoms with Gasteiger partial charge in [0, 0.05) is 11.6 Å². The Morgan fingerprint density at radius 2 is 2.16 bits per heavy atom. The van der Waals surface area contributed by atoms with Crippen LogP contribution in [0, 0.1) is 5.92 Å². The third kappa shape index (κ3) is 2.59. The van der Waals surface area contributed by atoms with Gasteiger partial charge in [0.25, 0.3) is 0 Å². The van der Waals surface area contributed by atoms with E-state index >= 15 is 0 Å². The van der Waals surface area contributed by atoms with Gasteiger partial charge < -0.3 is 5.73 Å². The molecule has 0 saturated heterocycles. The smallest absolute Gasteiger partial charge is 0.113 e. The van der Waals surface area contributed by atoms with E-state index in [-0.39, 0.29) is 5.54 Å². The molecule has 1 fully saturated rings. The van der Waals surface area contributed by atoms with Crippen LogP contribution in [0.25, 0.3) is 10.6 Å². The molecule has 0 bridgehead atoms. The molecule has 19 heavy (non-hydrogen) atoms. The van der Waals surface area contributed by atoms with Crippen molar-refractivity contribution < 1.29 is 0 Å². The fourth-order valence-corrected chi connectivity index (χ4v) is 4.42. The number of hydrogen-bond donors (Lipinski definition) is 1. The maximum atomic E-state index is 6.60. The van der Waals surface area contributed by atoms with Crippen LogP contribution in [-0.4, -0.2) is 9.97 Å². The topological polar surface area (TPSA) is 51.8 Å². The van der Waals surface area contributed by atoms with Crippen LogP contribution in [0.2, 0.25) is 0 Å². The summed E-state index contributed by atoms with van der Waals surface area (Å²) in [6.07, 6.45) is 7.77. The van der Waals surface area contributed by atoms with Gasteiger partial charge in [-0.2, -0.15) is 0 Å². The zero-order valence-corrected chi connectivity index (χ0v) is 12.8. The van der Waals surface area contributed by atoms with Gasteiger partial charge >= 0.3 is 0 Å². The molecule has 0 amide bonds. The molecular formula is C14H19N3S2. The summed E-state index contributed by atoms with van der Waals surface area (Å²) in [5.74, 6) is 0.859. The van der Waals surface area contributed by atoms with Gasteiger partial charge in [-0.05, 0) is 31.6 Å². The Hall–Kier alpha value is -0.780. The molecule has 0 radical (unpaired) electrons. The molecule has 0 aromatic carbocycles. The van der Waals surface area contributed by atoms with E-state index in [9.17, 15) is 0 Å². The number of nitrogens with zero attached hydrogens (tertiary/aromatic N) is 2. The minimum Gasteiger partial charge on any atom is -0.319 e. The first-order chi connectivity index (χ1) is 9.21. The minimum atomic E-state index is -0.195. The highest BCUT2D eigenvalue weighted by Gasteiger charge is 2.35. The lowest BCUT2D eigenvalue weighted by Crippen LogP contribution is -2.40. The lowest BCUT2D eigenvalue weighted by Gasteiger charge is -2.35. The lowest BCUT2D eigenvalue weighted by atomic mass is 9.76. The lowest BCUT2D eigenvalue weighted by molar-refractivity contribution is 0.231. The molecule has 0 atom stereocenters. The molecule has 1 aliphatic rings. The van der Waals surface area contributed by atoms with E-state index < -0.39 is 0 Å². The van der Waals surface area contributed by atoms with Gasteiger partial charge in [-0.3, -0.25) is 4.98 Å². The third-order valence-corrected chi connectivity index (χ3v) is 6.05. The van der Waals surface area contributed by atoms with E-state index in [4.69, 9.17) is 10.7 Å². The van der Waals surface area contributed by atoms with Crippen molar-refractivity contribution in [3.63, 3.8) is 0 Å². The highest BCUT2D eigenvalue weighted by Crippen LogP contribution is 2.40. The first kappa shape index (κ1) is 13.2. The maximum Gasteiger partial charge on any atom is 0.113 e. The fraction of sp³-hybridized carbons (Fsp3) is 0.571. The van der Waals surface area contributed by atoms with Gasteiger partial charge in [0.15, 0.2) is 0 Å². The van der Waals surface area contributed by atoms with Crippen molar-refractivity contribution in [2.24, 2.45) is 11.7 Å². The Labute approximate surface area is 121 Å². The first-order valence-electron chi connectivity index (χ1n) is 6.85. The third-order valence-electron chi connectivity index (χ3n) is 4.19. The monoisotopic (exact) mass is 293 g/mol. The number of nitrogens with two attached hydrogens (primary N) is 1. The molecule has 2 aromatic heterocycles. The van der Waals surface area contributed by atoms with Crippen molar-refractivity contribution in [2.75, 3.05) is 0 Å².